The van der Waals surface area contributed by atoms with Crippen LogP contribution in [0.15, 0.2) is 76.6 Å². The normalized spacial score (nSPS) is 11.1. The number of hydrazone groups is 1. The predicted molar refractivity (Wildman–Crippen MR) is 113 cm³/mol. The van der Waals surface area contributed by atoms with Gasteiger partial charge in [0.25, 0.3) is 0 Å². The predicted octanol–water partition coefficient (Wildman–Crippen LogP) is 3.65. The standard InChI is InChI=1S/C22H19N5O2/c1-15-21(24-22(28)27-25-15)26-23-13-19-18-10-6-5-9-17(18)11-12-20(19)29-14-16-7-3-2-4-8-16/h2-13H,14H2,1H3,(H2,24,26,27,28). The summed E-state index contributed by atoms with van der Waals surface area (Å²) in [6.07, 6.45) is 1.67. The minimum Gasteiger partial charge on any atom is -0.488 e. The van der Waals surface area contributed by atoms with Crippen molar-refractivity contribution in [2.75, 3.05) is 5.43 Å². The number of aromatic amines is 1. The first-order valence-electron chi connectivity index (χ1n) is 9.11. The van der Waals surface area contributed by atoms with Crippen LogP contribution >= 0.6 is 0 Å². The SMILES string of the molecule is Cc1n[nH]c(=O)nc1NN=Cc1c(OCc2ccccc2)ccc2ccccc12. The van der Waals surface area contributed by atoms with Gasteiger partial charge < -0.3 is 4.74 Å². The van der Waals surface area contributed by atoms with Crippen LogP contribution in [0.1, 0.15) is 16.8 Å². The first kappa shape index (κ1) is 18.4. The molecule has 0 amide bonds. The minimum absolute atomic E-state index is 0.303. The highest BCUT2D eigenvalue weighted by Crippen LogP contribution is 2.27. The maximum atomic E-state index is 11.4. The Balaban J connectivity index is 1.65. The Morgan fingerprint density at radius 3 is 2.72 bits per heavy atom. The van der Waals surface area contributed by atoms with Gasteiger partial charge in [-0.3, -0.25) is 5.43 Å². The van der Waals surface area contributed by atoms with Crippen LogP contribution in [-0.4, -0.2) is 21.4 Å². The van der Waals surface area contributed by atoms with E-state index in [4.69, 9.17) is 4.74 Å². The molecular weight excluding hydrogens is 366 g/mol. The van der Waals surface area contributed by atoms with Gasteiger partial charge in [-0.05, 0) is 29.3 Å². The Labute approximate surface area is 167 Å². The number of aryl methyl sites for hydroxylation is 1. The molecular formula is C22H19N5O2. The lowest BCUT2D eigenvalue weighted by Crippen LogP contribution is -2.15. The first-order valence-corrected chi connectivity index (χ1v) is 9.11. The molecule has 7 nitrogen and oxygen atoms in total. The summed E-state index contributed by atoms with van der Waals surface area (Å²) in [6.45, 7) is 2.18. The molecule has 4 aromatic rings. The number of benzene rings is 3. The van der Waals surface area contributed by atoms with Gasteiger partial charge in [0.2, 0.25) is 0 Å². The van der Waals surface area contributed by atoms with E-state index in [1.165, 1.54) is 0 Å². The maximum Gasteiger partial charge on any atom is 0.363 e. The fourth-order valence-electron chi connectivity index (χ4n) is 2.93. The molecule has 0 spiro atoms. The topological polar surface area (TPSA) is 92.3 Å². The van der Waals surface area contributed by atoms with Crippen molar-refractivity contribution in [3.8, 4) is 5.75 Å². The van der Waals surface area contributed by atoms with Gasteiger partial charge in [0.15, 0.2) is 5.82 Å². The fraction of sp³-hybridized carbons (Fsp3) is 0.0909. The summed E-state index contributed by atoms with van der Waals surface area (Å²) in [6, 6.07) is 21.9. The largest absolute Gasteiger partial charge is 0.488 e. The highest BCUT2D eigenvalue weighted by atomic mass is 16.5. The molecule has 0 aliphatic heterocycles. The van der Waals surface area contributed by atoms with Crippen molar-refractivity contribution in [2.24, 2.45) is 5.10 Å². The van der Waals surface area contributed by atoms with Gasteiger partial charge in [-0.2, -0.15) is 15.2 Å². The number of hydrogen-bond donors (Lipinski definition) is 2. The van der Waals surface area contributed by atoms with E-state index >= 15 is 0 Å². The third-order valence-electron chi connectivity index (χ3n) is 4.41. The van der Waals surface area contributed by atoms with Crippen molar-refractivity contribution in [2.45, 2.75) is 13.5 Å². The van der Waals surface area contributed by atoms with E-state index in [-0.39, 0.29) is 0 Å². The van der Waals surface area contributed by atoms with Crippen LogP contribution in [0.3, 0.4) is 0 Å². The lowest BCUT2D eigenvalue weighted by molar-refractivity contribution is 0.306. The summed E-state index contributed by atoms with van der Waals surface area (Å²) in [5, 5.41) is 12.5. The molecule has 7 heteroatoms. The molecule has 0 saturated carbocycles. The van der Waals surface area contributed by atoms with Gasteiger partial charge in [0.1, 0.15) is 18.1 Å². The van der Waals surface area contributed by atoms with Crippen molar-refractivity contribution >= 4 is 22.8 Å². The molecule has 0 saturated heterocycles. The fourth-order valence-corrected chi connectivity index (χ4v) is 2.93. The Hall–Kier alpha value is -4.00. The summed E-state index contributed by atoms with van der Waals surface area (Å²) in [4.78, 5) is 15.2. The molecule has 0 fully saturated rings. The summed E-state index contributed by atoms with van der Waals surface area (Å²) >= 11 is 0. The molecule has 0 radical (unpaired) electrons. The molecule has 1 aromatic heterocycles. The highest BCUT2D eigenvalue weighted by molar-refractivity contribution is 6.02. The molecule has 1 heterocycles. The van der Waals surface area contributed by atoms with E-state index in [1.54, 1.807) is 13.1 Å². The molecule has 0 aliphatic rings. The van der Waals surface area contributed by atoms with Crippen molar-refractivity contribution in [1.82, 2.24) is 15.2 Å². The van der Waals surface area contributed by atoms with Gasteiger partial charge in [-0.1, -0.05) is 60.7 Å². The van der Waals surface area contributed by atoms with Gasteiger partial charge in [0, 0.05) is 5.56 Å². The smallest absolute Gasteiger partial charge is 0.363 e. The van der Waals surface area contributed by atoms with Crippen LogP contribution in [0.4, 0.5) is 5.82 Å². The summed E-state index contributed by atoms with van der Waals surface area (Å²) in [5.74, 6) is 1.02. The minimum atomic E-state index is -0.537. The monoisotopic (exact) mass is 385 g/mol. The van der Waals surface area contributed by atoms with Crippen LogP contribution in [0, 0.1) is 6.92 Å². The van der Waals surface area contributed by atoms with Gasteiger partial charge in [0.05, 0.1) is 6.21 Å². The molecule has 3 aromatic carbocycles. The zero-order chi connectivity index (χ0) is 20.1. The van der Waals surface area contributed by atoms with E-state index < -0.39 is 5.69 Å². The van der Waals surface area contributed by atoms with Crippen LogP contribution < -0.4 is 15.9 Å². The molecule has 4 rings (SSSR count). The van der Waals surface area contributed by atoms with Crippen LogP contribution in [0.25, 0.3) is 10.8 Å². The average Bonchev–Trinajstić information content (AvgIpc) is 2.76. The number of nitrogens with one attached hydrogen (secondary N) is 2. The number of anilines is 1. The van der Waals surface area contributed by atoms with Crippen molar-refractivity contribution in [1.29, 1.82) is 0 Å². The van der Waals surface area contributed by atoms with Crippen molar-refractivity contribution in [3.63, 3.8) is 0 Å². The average molecular weight is 385 g/mol. The van der Waals surface area contributed by atoms with Gasteiger partial charge >= 0.3 is 5.69 Å². The number of H-pyrrole nitrogens is 1. The van der Waals surface area contributed by atoms with E-state index in [0.29, 0.717) is 23.9 Å². The number of aromatic nitrogens is 3. The third-order valence-corrected chi connectivity index (χ3v) is 4.41. The number of nitrogens with zero attached hydrogens (tertiary/aromatic N) is 3. The zero-order valence-electron chi connectivity index (χ0n) is 15.8. The second-order valence-electron chi connectivity index (χ2n) is 6.42. The second-order valence-corrected chi connectivity index (χ2v) is 6.42. The summed E-state index contributed by atoms with van der Waals surface area (Å²) in [7, 11) is 0. The van der Waals surface area contributed by atoms with E-state index in [1.807, 2.05) is 66.7 Å². The molecule has 0 bridgehead atoms. The number of fused-ring (bicyclic) bond motifs is 1. The van der Waals surface area contributed by atoms with Crippen LogP contribution in [0.5, 0.6) is 5.75 Å². The van der Waals surface area contributed by atoms with Crippen LogP contribution in [-0.2, 0) is 6.61 Å². The summed E-state index contributed by atoms with van der Waals surface area (Å²) < 4.78 is 6.07. The molecule has 0 aliphatic carbocycles. The quantitative estimate of drug-likeness (QED) is 0.390. The van der Waals surface area contributed by atoms with Crippen LogP contribution in [0.2, 0.25) is 0 Å². The highest BCUT2D eigenvalue weighted by Gasteiger charge is 2.08. The Kier molecular flexibility index (Phi) is 5.29. The van der Waals surface area contributed by atoms with E-state index in [0.717, 1.165) is 21.9 Å². The molecule has 0 unspecified atom stereocenters. The number of hydrogen-bond acceptors (Lipinski definition) is 6. The lowest BCUT2D eigenvalue weighted by atomic mass is 10.0. The molecule has 0 atom stereocenters. The Morgan fingerprint density at radius 2 is 1.86 bits per heavy atom. The Bertz CT molecular complexity index is 1220. The number of ether oxygens (including phenoxy) is 1. The van der Waals surface area contributed by atoms with Gasteiger partial charge in [-0.15, -0.1) is 0 Å². The third kappa shape index (κ3) is 4.30. The second kappa shape index (κ2) is 8.35. The molecule has 2 N–H and O–H groups in total. The van der Waals surface area contributed by atoms with E-state index in [9.17, 15) is 4.79 Å². The zero-order valence-corrected chi connectivity index (χ0v) is 15.8. The van der Waals surface area contributed by atoms with Crippen molar-refractivity contribution in [3.05, 3.63) is 94.0 Å². The summed E-state index contributed by atoms with van der Waals surface area (Å²) in [5.41, 5.74) is 4.71. The first-order chi connectivity index (χ1) is 14.2. The van der Waals surface area contributed by atoms with Crippen molar-refractivity contribution < 1.29 is 4.74 Å². The molecule has 144 valence electrons. The number of rotatable bonds is 6. The lowest BCUT2D eigenvalue weighted by Gasteiger charge is -2.12. The maximum absolute atomic E-state index is 11.4. The Morgan fingerprint density at radius 1 is 1.07 bits per heavy atom. The van der Waals surface area contributed by atoms with E-state index in [2.05, 4.69) is 25.7 Å². The molecule has 29 heavy (non-hydrogen) atoms. The van der Waals surface area contributed by atoms with Gasteiger partial charge in [-0.25, -0.2) is 9.89 Å².